The first kappa shape index (κ1) is 20.7. The van der Waals surface area contributed by atoms with Gasteiger partial charge in [-0.25, -0.2) is 17.9 Å². The molecule has 1 atom stereocenters. The van der Waals surface area contributed by atoms with E-state index in [0.29, 0.717) is 17.7 Å². The van der Waals surface area contributed by atoms with Crippen molar-refractivity contribution in [1.82, 2.24) is 4.72 Å². The smallest absolute Gasteiger partial charge is 0.404 e. The maximum atomic E-state index is 12.6. The number of benzene rings is 1. The molecule has 1 aromatic rings. The number of unbranched alkanes of at least 4 members (excludes halogenated alkanes) is 1. The van der Waals surface area contributed by atoms with Crippen LogP contribution in [0.4, 0.5) is 4.79 Å². The average molecular weight is 383 g/mol. The van der Waals surface area contributed by atoms with Gasteiger partial charge < -0.3 is 10.5 Å². The van der Waals surface area contributed by atoms with Crippen LogP contribution in [0.15, 0.2) is 29.2 Å². The monoisotopic (exact) mass is 382 g/mol. The summed E-state index contributed by atoms with van der Waals surface area (Å²) >= 11 is 0. The van der Waals surface area contributed by atoms with Crippen molar-refractivity contribution < 1.29 is 17.9 Å². The molecule has 1 aliphatic carbocycles. The molecule has 1 unspecified atom stereocenters. The number of aryl methyl sites for hydroxylation is 1. The third-order valence-electron chi connectivity index (χ3n) is 4.80. The number of carbonyl (C=O) groups excluding carboxylic acids is 1. The van der Waals surface area contributed by atoms with Crippen molar-refractivity contribution in [2.75, 3.05) is 0 Å². The highest BCUT2D eigenvalue weighted by Gasteiger charge is 2.23. The minimum atomic E-state index is -3.49. The summed E-state index contributed by atoms with van der Waals surface area (Å²) in [6, 6.07) is 7.03. The van der Waals surface area contributed by atoms with E-state index in [9.17, 15) is 13.2 Å². The summed E-state index contributed by atoms with van der Waals surface area (Å²) in [5.74, 6) is 0. The predicted molar refractivity (Wildman–Crippen MR) is 101 cm³/mol. The van der Waals surface area contributed by atoms with Crippen LogP contribution in [0.1, 0.15) is 63.9 Å². The Bertz CT molecular complexity index is 685. The summed E-state index contributed by atoms with van der Waals surface area (Å²) in [4.78, 5) is 11.3. The zero-order valence-corrected chi connectivity index (χ0v) is 16.3. The fourth-order valence-corrected chi connectivity index (χ4v) is 4.76. The van der Waals surface area contributed by atoms with Crippen molar-refractivity contribution in [2.45, 2.75) is 81.8 Å². The molecular weight excluding hydrogens is 352 g/mol. The molecule has 26 heavy (non-hydrogen) atoms. The van der Waals surface area contributed by atoms with Crippen molar-refractivity contribution >= 4 is 16.1 Å². The molecule has 146 valence electrons. The lowest BCUT2D eigenvalue weighted by atomic mass is 10.0. The van der Waals surface area contributed by atoms with Crippen molar-refractivity contribution in [2.24, 2.45) is 5.73 Å². The predicted octanol–water partition coefficient (Wildman–Crippen LogP) is 3.49. The van der Waals surface area contributed by atoms with E-state index >= 15 is 0 Å². The van der Waals surface area contributed by atoms with Gasteiger partial charge in [0.25, 0.3) is 0 Å². The summed E-state index contributed by atoms with van der Waals surface area (Å²) in [5, 5.41) is 0. The van der Waals surface area contributed by atoms with Gasteiger partial charge in [0.2, 0.25) is 10.0 Å². The van der Waals surface area contributed by atoms with Gasteiger partial charge in [0, 0.05) is 6.04 Å². The Balaban J connectivity index is 1.99. The van der Waals surface area contributed by atoms with Gasteiger partial charge >= 0.3 is 6.09 Å². The van der Waals surface area contributed by atoms with Gasteiger partial charge in [-0.05, 0) is 49.8 Å². The zero-order valence-electron chi connectivity index (χ0n) is 15.4. The van der Waals surface area contributed by atoms with Crippen LogP contribution < -0.4 is 10.5 Å². The Morgan fingerprint density at radius 3 is 2.69 bits per heavy atom. The molecule has 0 radical (unpaired) electrons. The van der Waals surface area contributed by atoms with E-state index in [1.165, 1.54) is 0 Å². The summed E-state index contributed by atoms with van der Waals surface area (Å²) < 4.78 is 33.1. The van der Waals surface area contributed by atoms with E-state index in [-0.39, 0.29) is 12.1 Å². The van der Waals surface area contributed by atoms with Gasteiger partial charge in [-0.1, -0.05) is 44.7 Å². The number of sulfonamides is 1. The molecule has 0 aromatic heterocycles. The van der Waals surface area contributed by atoms with Crippen LogP contribution in [0.25, 0.3) is 0 Å². The Kier molecular flexibility index (Phi) is 7.90. The van der Waals surface area contributed by atoms with Crippen molar-refractivity contribution in [3.05, 3.63) is 29.8 Å². The molecule has 1 saturated carbocycles. The number of rotatable bonds is 10. The van der Waals surface area contributed by atoms with Gasteiger partial charge in [0.05, 0.1) is 4.90 Å². The lowest BCUT2D eigenvalue weighted by Crippen LogP contribution is -2.32. The Hall–Kier alpha value is -1.60. The molecule has 0 aliphatic heterocycles. The molecule has 3 N–H and O–H groups in total. The topological polar surface area (TPSA) is 98.5 Å². The van der Waals surface area contributed by atoms with E-state index in [1.54, 1.807) is 18.2 Å². The lowest BCUT2D eigenvalue weighted by Gasteiger charge is -2.17. The van der Waals surface area contributed by atoms with Gasteiger partial charge in [0.1, 0.15) is 6.10 Å². The normalized spacial score (nSPS) is 16.5. The van der Waals surface area contributed by atoms with E-state index in [0.717, 1.165) is 50.5 Å². The second-order valence-corrected chi connectivity index (χ2v) is 8.70. The van der Waals surface area contributed by atoms with Crippen molar-refractivity contribution in [1.29, 1.82) is 0 Å². The second kappa shape index (κ2) is 9.92. The molecule has 0 saturated heterocycles. The second-order valence-electron chi connectivity index (χ2n) is 6.99. The number of nitrogens with two attached hydrogens (primary N) is 1. The highest BCUT2D eigenvalue weighted by Crippen LogP contribution is 2.21. The molecule has 1 fully saturated rings. The van der Waals surface area contributed by atoms with Gasteiger partial charge in [-0.2, -0.15) is 0 Å². The molecule has 0 bridgehead atoms. The highest BCUT2D eigenvalue weighted by atomic mass is 32.2. The largest absolute Gasteiger partial charge is 0.446 e. The first-order valence-electron chi connectivity index (χ1n) is 9.48. The van der Waals surface area contributed by atoms with Crippen LogP contribution in [-0.4, -0.2) is 26.7 Å². The third kappa shape index (κ3) is 6.61. The van der Waals surface area contributed by atoms with Crippen molar-refractivity contribution in [3.63, 3.8) is 0 Å². The summed E-state index contributed by atoms with van der Waals surface area (Å²) in [5.41, 5.74) is 6.06. The number of amides is 1. The van der Waals surface area contributed by atoms with Crippen LogP contribution >= 0.6 is 0 Å². The Morgan fingerprint density at radius 1 is 1.31 bits per heavy atom. The zero-order chi connectivity index (χ0) is 19.0. The third-order valence-corrected chi connectivity index (χ3v) is 6.32. The van der Waals surface area contributed by atoms with E-state index < -0.39 is 16.1 Å². The minimum Gasteiger partial charge on any atom is -0.446 e. The van der Waals surface area contributed by atoms with Crippen LogP contribution in [0, 0.1) is 0 Å². The van der Waals surface area contributed by atoms with Gasteiger partial charge in [-0.15, -0.1) is 0 Å². The lowest BCUT2D eigenvalue weighted by molar-refractivity contribution is 0.0945. The Labute approximate surface area is 156 Å². The summed E-state index contributed by atoms with van der Waals surface area (Å²) in [6.45, 7) is 2.08. The minimum absolute atomic E-state index is 0.0473. The van der Waals surface area contributed by atoms with Gasteiger partial charge in [-0.3, -0.25) is 0 Å². The van der Waals surface area contributed by atoms with E-state index in [2.05, 4.69) is 11.6 Å². The molecule has 6 nitrogen and oxygen atoms in total. The SMILES string of the molecule is CCCCC(CCc1cccc(S(=O)(=O)NC2CCCC2)c1)OC(N)=O. The maximum Gasteiger partial charge on any atom is 0.404 e. The van der Waals surface area contributed by atoms with Crippen LogP contribution in [-0.2, 0) is 21.2 Å². The molecule has 1 amide bonds. The van der Waals surface area contributed by atoms with Gasteiger partial charge in [0.15, 0.2) is 0 Å². The Morgan fingerprint density at radius 2 is 2.04 bits per heavy atom. The van der Waals surface area contributed by atoms with E-state index in [4.69, 9.17) is 10.5 Å². The van der Waals surface area contributed by atoms with Crippen LogP contribution in [0.3, 0.4) is 0 Å². The average Bonchev–Trinajstić information content (AvgIpc) is 3.09. The molecule has 1 aliphatic rings. The van der Waals surface area contributed by atoms with E-state index in [1.807, 2.05) is 6.07 Å². The first-order valence-corrected chi connectivity index (χ1v) is 11.0. The highest BCUT2D eigenvalue weighted by molar-refractivity contribution is 7.89. The molecule has 7 heteroatoms. The van der Waals surface area contributed by atoms with Crippen LogP contribution in [0.5, 0.6) is 0 Å². The molecular formula is C19H30N2O4S. The number of primary amides is 1. The van der Waals surface area contributed by atoms with Crippen LogP contribution in [0.2, 0.25) is 0 Å². The standard InChI is InChI=1S/C19H30N2O4S/c1-2-3-10-17(25-19(20)22)13-12-15-7-6-11-18(14-15)26(23,24)21-16-8-4-5-9-16/h6-7,11,14,16-17,21H,2-5,8-10,12-13H2,1H3,(H2,20,22). The molecule has 0 heterocycles. The first-order chi connectivity index (χ1) is 12.4. The fourth-order valence-electron chi connectivity index (χ4n) is 3.39. The number of hydrogen-bond acceptors (Lipinski definition) is 4. The summed E-state index contributed by atoms with van der Waals surface area (Å²) in [7, 11) is -3.49. The molecule has 1 aromatic carbocycles. The maximum absolute atomic E-state index is 12.6. The fraction of sp³-hybridized carbons (Fsp3) is 0.632. The van der Waals surface area contributed by atoms with Crippen molar-refractivity contribution in [3.8, 4) is 0 Å². The molecule has 0 spiro atoms. The number of carbonyl (C=O) groups is 1. The number of ether oxygens (including phenoxy) is 1. The quantitative estimate of drug-likeness (QED) is 0.647. The summed E-state index contributed by atoms with van der Waals surface area (Å²) in [6.07, 6.45) is 6.96. The number of hydrogen-bond donors (Lipinski definition) is 2. The number of nitrogens with one attached hydrogen (secondary N) is 1. The molecule has 2 rings (SSSR count).